The Hall–Kier alpha value is -1.24. The quantitative estimate of drug-likeness (QED) is 0.461. The molecule has 0 bridgehead atoms. The van der Waals surface area contributed by atoms with E-state index in [9.17, 15) is 0 Å². The highest BCUT2D eigenvalue weighted by Gasteiger charge is 2.07. The topological polar surface area (TPSA) is 45.4 Å². The molecule has 0 unspecified atom stereocenters. The molecule has 0 N–H and O–H groups in total. The highest BCUT2D eigenvalue weighted by atomic mass is 35.5. The first kappa shape index (κ1) is 13.8. The van der Waals surface area contributed by atoms with Crippen LogP contribution in [0.4, 0.5) is 0 Å². The van der Waals surface area contributed by atoms with Gasteiger partial charge in [-0.25, -0.2) is 0 Å². The Balaban J connectivity index is 2.87. The van der Waals surface area contributed by atoms with Crippen molar-refractivity contribution in [2.24, 2.45) is 5.16 Å². The Morgan fingerprint density at radius 3 is 2.76 bits per heavy atom. The molecule has 0 fully saturated rings. The lowest BCUT2D eigenvalue weighted by Gasteiger charge is -2.06. The predicted octanol–water partition coefficient (Wildman–Crippen LogP) is 4.04. The standard InChI is InChI=1S/C12H12Cl2N2O/c1-17-16-12(4-2-3-7-15)9-5-6-10(13)11(14)8-9/h5-6,8H,2-4H2,1H3. The average molecular weight is 271 g/mol. The summed E-state index contributed by atoms with van der Waals surface area (Å²) in [5.41, 5.74) is 1.63. The van der Waals surface area contributed by atoms with Gasteiger partial charge >= 0.3 is 0 Å². The number of hydrogen-bond acceptors (Lipinski definition) is 3. The third-order valence-electron chi connectivity index (χ3n) is 2.16. The number of benzene rings is 1. The van der Waals surface area contributed by atoms with Crippen LogP contribution in [-0.2, 0) is 4.84 Å². The summed E-state index contributed by atoms with van der Waals surface area (Å²) in [4.78, 5) is 4.79. The first-order valence-corrected chi connectivity index (χ1v) is 5.87. The molecule has 0 aliphatic heterocycles. The first-order chi connectivity index (χ1) is 8.19. The lowest BCUT2D eigenvalue weighted by atomic mass is 10.1. The summed E-state index contributed by atoms with van der Waals surface area (Å²) in [5, 5.41) is 13.4. The van der Waals surface area contributed by atoms with E-state index >= 15 is 0 Å². The van der Waals surface area contributed by atoms with Crippen LogP contribution in [0.5, 0.6) is 0 Å². The Labute approximate surface area is 111 Å². The largest absolute Gasteiger partial charge is 0.399 e. The highest BCUT2D eigenvalue weighted by Crippen LogP contribution is 2.23. The molecule has 0 heterocycles. The first-order valence-electron chi connectivity index (χ1n) is 5.11. The number of hydrogen-bond donors (Lipinski definition) is 0. The van der Waals surface area contributed by atoms with Crippen molar-refractivity contribution in [2.75, 3.05) is 7.11 Å². The van der Waals surface area contributed by atoms with E-state index in [1.165, 1.54) is 7.11 Å². The van der Waals surface area contributed by atoms with Crippen molar-refractivity contribution < 1.29 is 4.84 Å². The maximum atomic E-state index is 8.50. The molecule has 0 aliphatic rings. The summed E-state index contributed by atoms with van der Waals surface area (Å²) in [7, 11) is 1.49. The summed E-state index contributed by atoms with van der Waals surface area (Å²) in [6.07, 6.45) is 1.89. The third kappa shape index (κ3) is 4.26. The molecule has 0 saturated carbocycles. The Bertz CT molecular complexity index is 452. The molecule has 0 radical (unpaired) electrons. The van der Waals surface area contributed by atoms with Crippen LogP contribution in [0.15, 0.2) is 23.4 Å². The van der Waals surface area contributed by atoms with Crippen LogP contribution in [0.2, 0.25) is 10.0 Å². The highest BCUT2D eigenvalue weighted by molar-refractivity contribution is 6.42. The Morgan fingerprint density at radius 1 is 1.41 bits per heavy atom. The van der Waals surface area contributed by atoms with Gasteiger partial charge in [-0.15, -0.1) is 0 Å². The average Bonchev–Trinajstić information content (AvgIpc) is 2.32. The van der Waals surface area contributed by atoms with Crippen molar-refractivity contribution in [3.05, 3.63) is 33.8 Å². The molecule has 1 aromatic carbocycles. The van der Waals surface area contributed by atoms with Gasteiger partial charge in [-0.2, -0.15) is 5.26 Å². The Morgan fingerprint density at radius 2 is 2.18 bits per heavy atom. The maximum absolute atomic E-state index is 8.50. The van der Waals surface area contributed by atoms with E-state index in [1.807, 2.05) is 6.07 Å². The van der Waals surface area contributed by atoms with Crippen LogP contribution in [0.3, 0.4) is 0 Å². The molecule has 0 spiro atoms. The molecule has 17 heavy (non-hydrogen) atoms. The van der Waals surface area contributed by atoms with Gasteiger partial charge in [-0.05, 0) is 25.0 Å². The lowest BCUT2D eigenvalue weighted by molar-refractivity contribution is 0.212. The van der Waals surface area contributed by atoms with E-state index in [4.69, 9.17) is 33.3 Å². The molecular weight excluding hydrogens is 259 g/mol. The fourth-order valence-electron chi connectivity index (χ4n) is 1.36. The van der Waals surface area contributed by atoms with Gasteiger partial charge < -0.3 is 4.84 Å². The molecular formula is C12H12Cl2N2O. The van der Waals surface area contributed by atoms with Crippen LogP contribution in [0.1, 0.15) is 24.8 Å². The minimum atomic E-state index is 0.480. The van der Waals surface area contributed by atoms with Crippen molar-refractivity contribution in [3.8, 4) is 6.07 Å². The van der Waals surface area contributed by atoms with Gasteiger partial charge in [0.25, 0.3) is 0 Å². The zero-order chi connectivity index (χ0) is 12.7. The van der Waals surface area contributed by atoms with Crippen molar-refractivity contribution in [3.63, 3.8) is 0 Å². The SMILES string of the molecule is CON=C(CCCC#N)c1ccc(Cl)c(Cl)c1. The minimum Gasteiger partial charge on any atom is -0.399 e. The summed E-state index contributed by atoms with van der Waals surface area (Å²) in [5.74, 6) is 0. The number of rotatable bonds is 5. The molecule has 0 saturated heterocycles. The van der Waals surface area contributed by atoms with Crippen molar-refractivity contribution in [1.82, 2.24) is 0 Å². The van der Waals surface area contributed by atoms with Crippen LogP contribution >= 0.6 is 23.2 Å². The smallest absolute Gasteiger partial charge is 0.106 e. The predicted molar refractivity (Wildman–Crippen MR) is 69.5 cm³/mol. The van der Waals surface area contributed by atoms with Crippen LogP contribution in [-0.4, -0.2) is 12.8 Å². The molecule has 1 aromatic rings. The number of nitriles is 1. The van der Waals surface area contributed by atoms with Gasteiger partial charge in [0, 0.05) is 12.0 Å². The van der Waals surface area contributed by atoms with E-state index in [0.717, 1.165) is 17.7 Å². The van der Waals surface area contributed by atoms with Crippen LogP contribution < -0.4 is 0 Å². The van der Waals surface area contributed by atoms with Gasteiger partial charge in [-0.1, -0.05) is 34.4 Å². The summed E-state index contributed by atoms with van der Waals surface area (Å²) in [6, 6.07) is 7.39. The van der Waals surface area contributed by atoms with Crippen molar-refractivity contribution >= 4 is 28.9 Å². The number of halogens is 2. The molecule has 1 rings (SSSR count). The number of nitrogens with zero attached hydrogens (tertiary/aromatic N) is 2. The maximum Gasteiger partial charge on any atom is 0.106 e. The van der Waals surface area contributed by atoms with Gasteiger partial charge in [0.05, 0.1) is 21.8 Å². The molecule has 90 valence electrons. The van der Waals surface area contributed by atoms with E-state index in [2.05, 4.69) is 11.2 Å². The number of oxime groups is 1. The monoisotopic (exact) mass is 270 g/mol. The fraction of sp³-hybridized carbons (Fsp3) is 0.333. The summed E-state index contributed by atoms with van der Waals surface area (Å²) in [6.45, 7) is 0. The second-order valence-corrected chi connectivity index (χ2v) is 4.18. The normalized spacial score (nSPS) is 11.1. The van der Waals surface area contributed by atoms with Crippen LogP contribution in [0, 0.1) is 11.3 Å². The van der Waals surface area contributed by atoms with E-state index < -0.39 is 0 Å². The molecule has 0 atom stereocenters. The van der Waals surface area contributed by atoms with Crippen LogP contribution in [0.25, 0.3) is 0 Å². The van der Waals surface area contributed by atoms with E-state index in [-0.39, 0.29) is 0 Å². The van der Waals surface area contributed by atoms with Gasteiger partial charge in [0.2, 0.25) is 0 Å². The zero-order valence-electron chi connectivity index (χ0n) is 9.41. The second-order valence-electron chi connectivity index (χ2n) is 3.36. The van der Waals surface area contributed by atoms with E-state index in [0.29, 0.717) is 22.9 Å². The molecule has 0 amide bonds. The fourth-order valence-corrected chi connectivity index (χ4v) is 1.66. The minimum absolute atomic E-state index is 0.480. The lowest BCUT2D eigenvalue weighted by Crippen LogP contribution is -2.01. The molecule has 3 nitrogen and oxygen atoms in total. The van der Waals surface area contributed by atoms with Crippen molar-refractivity contribution in [2.45, 2.75) is 19.3 Å². The van der Waals surface area contributed by atoms with Gasteiger partial charge in [-0.3, -0.25) is 0 Å². The molecule has 5 heteroatoms. The number of unbranched alkanes of at least 4 members (excludes halogenated alkanes) is 1. The van der Waals surface area contributed by atoms with Crippen molar-refractivity contribution in [1.29, 1.82) is 5.26 Å². The zero-order valence-corrected chi connectivity index (χ0v) is 10.9. The van der Waals surface area contributed by atoms with Gasteiger partial charge in [0.15, 0.2) is 0 Å². The second kappa shape index (κ2) is 7.16. The van der Waals surface area contributed by atoms with Gasteiger partial charge in [0.1, 0.15) is 7.11 Å². The molecule has 0 aromatic heterocycles. The molecule has 0 aliphatic carbocycles. The third-order valence-corrected chi connectivity index (χ3v) is 2.90. The Kier molecular flexibility index (Phi) is 5.82. The summed E-state index contributed by atoms with van der Waals surface area (Å²) < 4.78 is 0. The van der Waals surface area contributed by atoms with E-state index in [1.54, 1.807) is 12.1 Å². The summed E-state index contributed by atoms with van der Waals surface area (Å²) >= 11 is 11.8.